The summed E-state index contributed by atoms with van der Waals surface area (Å²) < 4.78 is 47.9. The molecule has 0 heterocycles. The Hall–Kier alpha value is -2.85. The maximum Gasteiger partial charge on any atom is 0.420 e. The molecule has 0 atom stereocenters. The highest BCUT2D eigenvalue weighted by atomic mass is 35.5. The number of hydrogen-bond donors (Lipinski definition) is 2. The minimum atomic E-state index is -4.08. The molecule has 0 aromatic heterocycles. The molecule has 8 nitrogen and oxygen atoms in total. The van der Waals surface area contributed by atoms with E-state index in [0.29, 0.717) is 5.69 Å². The maximum atomic E-state index is 13.1. The number of hydrogen-bond acceptors (Lipinski definition) is 6. The van der Waals surface area contributed by atoms with Crippen LogP contribution in [0.4, 0.5) is 14.9 Å². The maximum absolute atomic E-state index is 13.1. The molecule has 0 aliphatic carbocycles. The van der Waals surface area contributed by atoms with Crippen molar-refractivity contribution < 1.29 is 34.7 Å². The number of halogens is 2. The third-order valence-electron chi connectivity index (χ3n) is 3.11. The second-order valence-corrected chi connectivity index (χ2v) is 7.12. The van der Waals surface area contributed by atoms with Gasteiger partial charge in [0.15, 0.2) is 6.61 Å². The van der Waals surface area contributed by atoms with E-state index in [9.17, 15) is 22.4 Å². The molecular formula is C16H18ClFN2O6S. The fourth-order valence-electron chi connectivity index (χ4n) is 1.84. The van der Waals surface area contributed by atoms with Crippen molar-refractivity contribution in [2.45, 2.75) is 4.90 Å². The smallest absolute Gasteiger partial charge is 0.420 e. The largest absolute Gasteiger partial charge is 0.484 e. The standard InChI is InChI=1S/C16H14ClFN2O6S.2H2/c1-25-16(22)20-27(23,24)12-5-2-10(3-6-12)19-15(21)9-26-11-4-7-14(18)13(17)8-11;;/h2-8H,9H2,1H3,(H,19,21)(H,20,22);2*1H. The number of amides is 2. The molecule has 0 saturated carbocycles. The average Bonchev–Trinajstić information content (AvgIpc) is 2.62. The first-order chi connectivity index (χ1) is 12.7. The highest BCUT2D eigenvalue weighted by Gasteiger charge is 2.17. The summed E-state index contributed by atoms with van der Waals surface area (Å²) in [5.74, 6) is -0.921. The van der Waals surface area contributed by atoms with E-state index in [1.165, 1.54) is 36.4 Å². The van der Waals surface area contributed by atoms with Crippen LogP contribution >= 0.6 is 11.6 Å². The molecule has 0 aliphatic rings. The Morgan fingerprint density at radius 3 is 2.44 bits per heavy atom. The lowest BCUT2D eigenvalue weighted by Gasteiger charge is -2.09. The van der Waals surface area contributed by atoms with Crippen LogP contribution in [0.25, 0.3) is 0 Å². The number of carbonyl (C=O) groups excluding carboxylic acids is 2. The van der Waals surface area contributed by atoms with Gasteiger partial charge in [-0.1, -0.05) is 11.6 Å². The molecular weight excluding hydrogens is 403 g/mol. The van der Waals surface area contributed by atoms with Gasteiger partial charge >= 0.3 is 6.09 Å². The van der Waals surface area contributed by atoms with Crippen LogP contribution in [0.1, 0.15) is 2.85 Å². The van der Waals surface area contributed by atoms with Crippen LogP contribution in [0.3, 0.4) is 0 Å². The molecule has 2 N–H and O–H groups in total. The molecule has 27 heavy (non-hydrogen) atoms. The molecule has 0 bridgehead atoms. The highest BCUT2D eigenvalue weighted by molar-refractivity contribution is 7.90. The first kappa shape index (κ1) is 20.5. The summed E-state index contributed by atoms with van der Waals surface area (Å²) in [7, 11) is -3.04. The van der Waals surface area contributed by atoms with Gasteiger partial charge in [0.05, 0.1) is 17.0 Å². The second kappa shape index (κ2) is 8.69. The Labute approximate surface area is 162 Å². The first-order valence-corrected chi connectivity index (χ1v) is 9.16. The molecule has 148 valence electrons. The van der Waals surface area contributed by atoms with Crippen LogP contribution in [-0.4, -0.2) is 34.1 Å². The number of carbonyl (C=O) groups is 2. The van der Waals surface area contributed by atoms with E-state index >= 15 is 0 Å². The van der Waals surface area contributed by atoms with Crippen LogP contribution in [0.15, 0.2) is 47.4 Å². The summed E-state index contributed by atoms with van der Waals surface area (Å²) in [6, 6.07) is 8.72. The highest BCUT2D eigenvalue weighted by Crippen LogP contribution is 2.21. The number of methoxy groups -OCH3 is 1. The van der Waals surface area contributed by atoms with E-state index < -0.39 is 27.8 Å². The zero-order chi connectivity index (χ0) is 20.0. The van der Waals surface area contributed by atoms with Crippen LogP contribution in [0, 0.1) is 5.82 Å². The molecule has 2 aromatic carbocycles. The Morgan fingerprint density at radius 1 is 1.19 bits per heavy atom. The van der Waals surface area contributed by atoms with Crippen LogP contribution in [0.5, 0.6) is 5.75 Å². The van der Waals surface area contributed by atoms with Gasteiger partial charge in [-0.3, -0.25) is 4.79 Å². The minimum Gasteiger partial charge on any atom is -0.484 e. The third-order valence-corrected chi connectivity index (χ3v) is 4.73. The van der Waals surface area contributed by atoms with Gasteiger partial charge in [-0.25, -0.2) is 22.3 Å². The summed E-state index contributed by atoms with van der Waals surface area (Å²) in [6.07, 6.45) is -1.12. The number of nitrogens with one attached hydrogen (secondary N) is 2. The Kier molecular flexibility index (Phi) is 6.59. The molecule has 0 unspecified atom stereocenters. The van der Waals surface area contributed by atoms with E-state index in [2.05, 4.69) is 10.1 Å². The lowest BCUT2D eigenvalue weighted by Crippen LogP contribution is -2.30. The van der Waals surface area contributed by atoms with Crippen molar-refractivity contribution in [3.8, 4) is 5.75 Å². The Bertz CT molecular complexity index is 960. The number of rotatable bonds is 6. The van der Waals surface area contributed by atoms with Crippen molar-refractivity contribution >= 4 is 39.3 Å². The van der Waals surface area contributed by atoms with Crippen molar-refractivity contribution in [1.29, 1.82) is 0 Å². The second-order valence-electron chi connectivity index (χ2n) is 5.03. The molecule has 2 rings (SSSR count). The van der Waals surface area contributed by atoms with E-state index in [1.54, 1.807) is 4.72 Å². The molecule has 11 heteroatoms. The number of ether oxygens (including phenoxy) is 2. The first-order valence-electron chi connectivity index (χ1n) is 7.30. The van der Waals surface area contributed by atoms with Crippen LogP contribution in [0.2, 0.25) is 5.02 Å². The van der Waals surface area contributed by atoms with Crippen molar-refractivity contribution in [3.63, 3.8) is 0 Å². The van der Waals surface area contributed by atoms with E-state index in [0.717, 1.165) is 13.2 Å². The van der Waals surface area contributed by atoms with Crippen molar-refractivity contribution in [1.82, 2.24) is 4.72 Å². The average molecular weight is 421 g/mol. The lowest BCUT2D eigenvalue weighted by atomic mass is 10.3. The zero-order valence-electron chi connectivity index (χ0n) is 13.9. The predicted octanol–water partition coefficient (Wildman–Crippen LogP) is 3.03. The SMILES string of the molecule is COC(=O)NS(=O)(=O)c1ccc(NC(=O)COc2ccc(F)c(Cl)c2)cc1.[HH].[HH]. The van der Waals surface area contributed by atoms with E-state index in [-0.39, 0.29) is 25.1 Å². The van der Waals surface area contributed by atoms with Gasteiger partial charge in [-0.15, -0.1) is 0 Å². The molecule has 0 fully saturated rings. The predicted molar refractivity (Wildman–Crippen MR) is 98.9 cm³/mol. The van der Waals surface area contributed by atoms with Gasteiger partial charge in [0, 0.05) is 14.6 Å². The molecule has 0 saturated heterocycles. The fraction of sp³-hybridized carbons (Fsp3) is 0.125. The van der Waals surface area contributed by atoms with Crippen molar-refractivity contribution in [3.05, 3.63) is 53.3 Å². The number of anilines is 1. The summed E-state index contributed by atoms with van der Waals surface area (Å²) >= 11 is 5.61. The van der Waals surface area contributed by atoms with Crippen molar-refractivity contribution in [2.75, 3.05) is 19.0 Å². The van der Waals surface area contributed by atoms with Gasteiger partial charge in [-0.05, 0) is 36.4 Å². The molecule has 2 amide bonds. The van der Waals surface area contributed by atoms with Crippen molar-refractivity contribution in [2.24, 2.45) is 0 Å². The van der Waals surface area contributed by atoms with Gasteiger partial charge in [0.25, 0.3) is 15.9 Å². The number of benzene rings is 2. The summed E-state index contributed by atoms with van der Waals surface area (Å²) in [4.78, 5) is 22.7. The van der Waals surface area contributed by atoms with E-state index in [1.807, 2.05) is 0 Å². The monoisotopic (exact) mass is 420 g/mol. The van der Waals surface area contributed by atoms with Gasteiger partial charge in [0.2, 0.25) is 0 Å². The molecule has 0 spiro atoms. The van der Waals surface area contributed by atoms with Gasteiger partial charge in [-0.2, -0.15) is 0 Å². The quantitative estimate of drug-likeness (QED) is 0.743. The molecule has 2 aromatic rings. The lowest BCUT2D eigenvalue weighted by molar-refractivity contribution is -0.118. The summed E-state index contributed by atoms with van der Waals surface area (Å²) in [5.41, 5.74) is 0.303. The van der Waals surface area contributed by atoms with Crippen LogP contribution < -0.4 is 14.8 Å². The fourth-order valence-corrected chi connectivity index (χ4v) is 2.93. The Morgan fingerprint density at radius 2 is 1.85 bits per heavy atom. The summed E-state index contributed by atoms with van der Waals surface area (Å²) in [5, 5.41) is 2.36. The number of sulfonamides is 1. The van der Waals surface area contributed by atoms with Crippen LogP contribution in [-0.2, 0) is 19.6 Å². The molecule has 0 aliphatic heterocycles. The molecule has 0 radical (unpaired) electrons. The third kappa shape index (κ3) is 5.83. The normalized spacial score (nSPS) is 10.8. The van der Waals surface area contributed by atoms with E-state index in [4.69, 9.17) is 16.3 Å². The topological polar surface area (TPSA) is 111 Å². The minimum absolute atomic E-state index is 0. The Balaban J connectivity index is 0.00000392. The summed E-state index contributed by atoms with van der Waals surface area (Å²) in [6.45, 7) is -0.369. The zero-order valence-corrected chi connectivity index (χ0v) is 15.4. The van der Waals surface area contributed by atoms with Gasteiger partial charge < -0.3 is 14.8 Å². The van der Waals surface area contributed by atoms with Gasteiger partial charge in [0.1, 0.15) is 11.6 Å².